The Bertz CT molecular complexity index is 673. The van der Waals surface area contributed by atoms with E-state index >= 15 is 0 Å². The van der Waals surface area contributed by atoms with E-state index < -0.39 is 0 Å². The van der Waals surface area contributed by atoms with Crippen molar-refractivity contribution >= 4 is 5.71 Å². The van der Waals surface area contributed by atoms with Gasteiger partial charge in [-0.25, -0.2) is 0 Å². The molecule has 1 N–H and O–H groups in total. The topological polar surface area (TPSA) is 43.5 Å². The standard InChI is InChI=1S/C20H22N2O/c1-2-3-14-23-15-19(17-10-6-4-7-11-17)22-20(16-21-20)18-12-8-5-9-13-18/h2-13,21H,14-16H2,1H3/b3-2-,22-19-. The van der Waals surface area contributed by atoms with Gasteiger partial charge in [0.05, 0.1) is 18.9 Å². The van der Waals surface area contributed by atoms with Crippen molar-refractivity contribution < 1.29 is 4.74 Å². The van der Waals surface area contributed by atoms with Gasteiger partial charge in [-0.05, 0) is 18.1 Å². The molecule has 0 aromatic heterocycles. The highest BCUT2D eigenvalue weighted by Gasteiger charge is 2.44. The van der Waals surface area contributed by atoms with Crippen molar-refractivity contribution in [1.82, 2.24) is 5.32 Å². The van der Waals surface area contributed by atoms with Gasteiger partial charge in [0.2, 0.25) is 0 Å². The fourth-order valence-electron chi connectivity index (χ4n) is 2.51. The number of hydrogen-bond donors (Lipinski definition) is 1. The maximum atomic E-state index is 5.75. The summed E-state index contributed by atoms with van der Waals surface area (Å²) in [7, 11) is 0. The first-order chi connectivity index (χ1) is 11.3. The molecule has 0 spiro atoms. The molecule has 23 heavy (non-hydrogen) atoms. The molecule has 1 heterocycles. The smallest absolute Gasteiger partial charge is 0.149 e. The van der Waals surface area contributed by atoms with Gasteiger partial charge in [-0.1, -0.05) is 72.8 Å². The van der Waals surface area contributed by atoms with Gasteiger partial charge in [0, 0.05) is 6.54 Å². The SMILES string of the molecule is C/C=C\COC/C(=N/C1(c2ccccc2)CN1)c1ccccc1. The maximum Gasteiger partial charge on any atom is 0.149 e. The van der Waals surface area contributed by atoms with Crippen LogP contribution in [0.1, 0.15) is 18.1 Å². The Kier molecular flexibility index (Phi) is 5.01. The number of allylic oxidation sites excluding steroid dienone is 1. The monoisotopic (exact) mass is 306 g/mol. The van der Waals surface area contributed by atoms with Crippen LogP contribution in [0.25, 0.3) is 0 Å². The zero-order valence-corrected chi connectivity index (χ0v) is 13.4. The minimum atomic E-state index is -0.295. The number of nitrogens with zero attached hydrogens (tertiary/aromatic N) is 1. The third-order valence-corrected chi connectivity index (χ3v) is 3.88. The second kappa shape index (κ2) is 7.36. The van der Waals surface area contributed by atoms with Crippen LogP contribution in [0, 0.1) is 0 Å². The highest BCUT2D eigenvalue weighted by molar-refractivity contribution is 6.02. The Labute approximate surface area is 137 Å². The largest absolute Gasteiger partial charge is 0.371 e. The predicted octanol–water partition coefficient (Wildman–Crippen LogP) is 3.52. The summed E-state index contributed by atoms with van der Waals surface area (Å²) in [4.78, 5) is 5.01. The van der Waals surface area contributed by atoms with Crippen molar-refractivity contribution in [3.8, 4) is 0 Å². The molecule has 0 radical (unpaired) electrons. The first-order valence-corrected chi connectivity index (χ1v) is 7.98. The number of nitrogens with one attached hydrogen (secondary N) is 1. The first-order valence-electron chi connectivity index (χ1n) is 7.98. The molecule has 1 atom stereocenters. The number of rotatable bonds is 7. The Morgan fingerprint density at radius 2 is 1.78 bits per heavy atom. The van der Waals surface area contributed by atoms with Crippen LogP contribution >= 0.6 is 0 Å². The van der Waals surface area contributed by atoms with E-state index in [1.165, 1.54) is 5.56 Å². The third-order valence-electron chi connectivity index (χ3n) is 3.88. The average molecular weight is 306 g/mol. The van der Waals surface area contributed by atoms with Crippen LogP contribution < -0.4 is 5.32 Å². The fourth-order valence-corrected chi connectivity index (χ4v) is 2.51. The van der Waals surface area contributed by atoms with E-state index in [1.54, 1.807) is 0 Å². The van der Waals surface area contributed by atoms with E-state index in [9.17, 15) is 0 Å². The number of benzene rings is 2. The lowest BCUT2D eigenvalue weighted by Gasteiger charge is -2.14. The van der Waals surface area contributed by atoms with Crippen LogP contribution in [0.5, 0.6) is 0 Å². The van der Waals surface area contributed by atoms with Gasteiger partial charge in [0.25, 0.3) is 0 Å². The Balaban J connectivity index is 1.86. The van der Waals surface area contributed by atoms with E-state index in [0.717, 1.165) is 17.8 Å². The van der Waals surface area contributed by atoms with Crippen LogP contribution in [-0.4, -0.2) is 25.5 Å². The molecule has 1 unspecified atom stereocenters. The zero-order valence-electron chi connectivity index (χ0n) is 13.4. The van der Waals surface area contributed by atoms with Crippen LogP contribution in [-0.2, 0) is 10.4 Å². The van der Waals surface area contributed by atoms with Crippen molar-refractivity contribution in [1.29, 1.82) is 0 Å². The second-order valence-electron chi connectivity index (χ2n) is 5.59. The molecule has 0 aliphatic carbocycles. The summed E-state index contributed by atoms with van der Waals surface area (Å²) in [5.41, 5.74) is 2.99. The van der Waals surface area contributed by atoms with Gasteiger partial charge in [0.15, 0.2) is 0 Å². The summed E-state index contributed by atoms with van der Waals surface area (Å²) in [5, 5.41) is 3.41. The number of ether oxygens (including phenoxy) is 1. The molecular weight excluding hydrogens is 284 g/mol. The molecule has 0 amide bonds. The third kappa shape index (κ3) is 3.95. The number of aliphatic imine (C=N–C) groups is 1. The van der Waals surface area contributed by atoms with Crippen LogP contribution in [0.15, 0.2) is 77.8 Å². The highest BCUT2D eigenvalue weighted by Crippen LogP contribution is 2.32. The summed E-state index contributed by atoms with van der Waals surface area (Å²) in [6.45, 7) is 3.97. The molecule has 1 saturated heterocycles. The quantitative estimate of drug-likeness (QED) is 0.368. The van der Waals surface area contributed by atoms with Gasteiger partial charge >= 0.3 is 0 Å². The molecular formula is C20H22N2O. The van der Waals surface area contributed by atoms with Gasteiger partial charge in [-0.2, -0.15) is 0 Å². The van der Waals surface area contributed by atoms with Crippen LogP contribution in [0.4, 0.5) is 0 Å². The lowest BCUT2D eigenvalue weighted by Crippen LogP contribution is -2.18. The average Bonchev–Trinajstić information content (AvgIpc) is 3.40. The minimum Gasteiger partial charge on any atom is -0.371 e. The molecule has 2 aromatic carbocycles. The second-order valence-corrected chi connectivity index (χ2v) is 5.59. The summed E-state index contributed by atoms with van der Waals surface area (Å²) >= 11 is 0. The molecule has 3 nitrogen and oxygen atoms in total. The normalized spacial score (nSPS) is 20.8. The van der Waals surface area contributed by atoms with Crippen molar-refractivity contribution in [3.63, 3.8) is 0 Å². The molecule has 118 valence electrons. The summed E-state index contributed by atoms with van der Waals surface area (Å²) in [6, 6.07) is 20.6. The van der Waals surface area contributed by atoms with Gasteiger partial charge in [-0.15, -0.1) is 0 Å². The zero-order chi connectivity index (χ0) is 16.0. The van der Waals surface area contributed by atoms with E-state index in [1.807, 2.05) is 43.3 Å². The first kappa shape index (κ1) is 15.7. The van der Waals surface area contributed by atoms with Gasteiger partial charge < -0.3 is 4.74 Å². The van der Waals surface area contributed by atoms with Crippen LogP contribution in [0.3, 0.4) is 0 Å². The summed E-state index contributed by atoms with van der Waals surface area (Å²) in [5.74, 6) is 0. The van der Waals surface area contributed by atoms with Crippen molar-refractivity contribution in [3.05, 3.63) is 83.9 Å². The maximum absolute atomic E-state index is 5.75. The summed E-state index contributed by atoms with van der Waals surface area (Å²) in [6.07, 6.45) is 4.00. The minimum absolute atomic E-state index is 0.295. The molecule has 3 rings (SSSR count). The molecule has 0 bridgehead atoms. The van der Waals surface area contributed by atoms with E-state index in [4.69, 9.17) is 9.73 Å². The number of hydrogen-bond acceptors (Lipinski definition) is 3. The molecule has 2 aromatic rings. The molecule has 1 fully saturated rings. The predicted molar refractivity (Wildman–Crippen MR) is 94.7 cm³/mol. The molecule has 0 saturated carbocycles. The van der Waals surface area contributed by atoms with Crippen molar-refractivity contribution in [2.24, 2.45) is 4.99 Å². The molecule has 3 heteroatoms. The Hall–Kier alpha value is -2.23. The summed E-state index contributed by atoms with van der Waals surface area (Å²) < 4.78 is 5.75. The fraction of sp³-hybridized carbons (Fsp3) is 0.250. The Morgan fingerprint density at radius 3 is 2.39 bits per heavy atom. The molecule has 1 aliphatic heterocycles. The highest BCUT2D eigenvalue weighted by atomic mass is 16.5. The lowest BCUT2D eigenvalue weighted by atomic mass is 10.1. The van der Waals surface area contributed by atoms with Crippen molar-refractivity contribution in [2.45, 2.75) is 12.6 Å². The van der Waals surface area contributed by atoms with E-state index in [2.05, 4.69) is 41.7 Å². The van der Waals surface area contributed by atoms with Gasteiger partial charge in [-0.3, -0.25) is 10.3 Å². The molecule has 1 aliphatic rings. The van der Waals surface area contributed by atoms with E-state index in [-0.39, 0.29) is 5.66 Å². The van der Waals surface area contributed by atoms with E-state index in [0.29, 0.717) is 13.2 Å². The van der Waals surface area contributed by atoms with Crippen molar-refractivity contribution in [2.75, 3.05) is 19.8 Å². The van der Waals surface area contributed by atoms with Gasteiger partial charge in [0.1, 0.15) is 5.66 Å². The Morgan fingerprint density at radius 1 is 1.13 bits per heavy atom. The van der Waals surface area contributed by atoms with Crippen LogP contribution in [0.2, 0.25) is 0 Å². The lowest BCUT2D eigenvalue weighted by molar-refractivity contribution is 0.204.